The fourth-order valence-electron chi connectivity index (χ4n) is 3.13. The van der Waals surface area contributed by atoms with Gasteiger partial charge in [0.15, 0.2) is 0 Å². The SMILES string of the molecule is Cc1cc(Br)cc(C=NNC(=O)CNC(=O)C(c2ccccc2)c2ccccc2)c1O. The minimum absolute atomic E-state index is 0.0862. The van der Waals surface area contributed by atoms with Crippen LogP contribution in [0.4, 0.5) is 0 Å². The van der Waals surface area contributed by atoms with Crippen molar-refractivity contribution in [3.05, 3.63) is 99.5 Å². The minimum Gasteiger partial charge on any atom is -0.507 e. The van der Waals surface area contributed by atoms with E-state index < -0.39 is 11.8 Å². The molecule has 0 aromatic heterocycles. The molecule has 0 unspecified atom stereocenters. The van der Waals surface area contributed by atoms with Crippen molar-refractivity contribution in [2.75, 3.05) is 6.54 Å². The first-order valence-corrected chi connectivity index (χ1v) is 10.4. The molecule has 6 nitrogen and oxygen atoms in total. The molecule has 0 aliphatic carbocycles. The van der Waals surface area contributed by atoms with Gasteiger partial charge in [-0.3, -0.25) is 9.59 Å². The first kappa shape index (κ1) is 22.2. The zero-order chi connectivity index (χ0) is 22.2. The summed E-state index contributed by atoms with van der Waals surface area (Å²) in [7, 11) is 0. The van der Waals surface area contributed by atoms with Gasteiger partial charge in [-0.2, -0.15) is 5.10 Å². The molecule has 3 N–H and O–H groups in total. The van der Waals surface area contributed by atoms with Crippen molar-refractivity contribution >= 4 is 34.0 Å². The van der Waals surface area contributed by atoms with Crippen LogP contribution in [0.2, 0.25) is 0 Å². The van der Waals surface area contributed by atoms with Crippen LogP contribution >= 0.6 is 15.9 Å². The number of hydrogen-bond acceptors (Lipinski definition) is 4. The monoisotopic (exact) mass is 479 g/mol. The maximum Gasteiger partial charge on any atom is 0.259 e. The van der Waals surface area contributed by atoms with Crippen LogP contribution in [0, 0.1) is 6.92 Å². The van der Waals surface area contributed by atoms with Gasteiger partial charge in [-0.1, -0.05) is 76.6 Å². The highest BCUT2D eigenvalue weighted by Gasteiger charge is 2.22. The lowest BCUT2D eigenvalue weighted by molar-refractivity contribution is -0.126. The molecule has 2 amide bonds. The molecule has 0 saturated carbocycles. The number of amides is 2. The van der Waals surface area contributed by atoms with Crippen LogP contribution < -0.4 is 10.7 Å². The minimum atomic E-state index is -0.528. The quantitative estimate of drug-likeness (QED) is 0.354. The Labute approximate surface area is 189 Å². The van der Waals surface area contributed by atoms with Crippen molar-refractivity contribution < 1.29 is 14.7 Å². The number of hydrogen-bond donors (Lipinski definition) is 3. The number of carbonyl (C=O) groups excluding carboxylic acids is 2. The molecule has 3 rings (SSSR count). The van der Waals surface area contributed by atoms with Crippen molar-refractivity contribution in [1.29, 1.82) is 0 Å². The van der Waals surface area contributed by atoms with Crippen LogP contribution in [0.3, 0.4) is 0 Å². The summed E-state index contributed by atoms with van der Waals surface area (Å²) < 4.78 is 0.788. The van der Waals surface area contributed by atoms with Gasteiger partial charge in [-0.15, -0.1) is 0 Å². The Hall–Kier alpha value is -3.45. The van der Waals surface area contributed by atoms with E-state index in [1.807, 2.05) is 60.7 Å². The lowest BCUT2D eigenvalue weighted by Gasteiger charge is -2.17. The summed E-state index contributed by atoms with van der Waals surface area (Å²) in [6.45, 7) is 1.54. The molecule has 7 heteroatoms. The summed E-state index contributed by atoms with van der Waals surface area (Å²) in [5.74, 6) is -1.20. The number of phenolic OH excluding ortho intramolecular Hbond substituents is 1. The summed E-state index contributed by atoms with van der Waals surface area (Å²) in [4.78, 5) is 25.0. The summed E-state index contributed by atoms with van der Waals surface area (Å²) in [6.07, 6.45) is 1.35. The van der Waals surface area contributed by atoms with Gasteiger partial charge in [-0.25, -0.2) is 5.43 Å². The normalized spacial score (nSPS) is 10.9. The van der Waals surface area contributed by atoms with Gasteiger partial charge in [0.2, 0.25) is 5.91 Å². The highest BCUT2D eigenvalue weighted by atomic mass is 79.9. The fourth-order valence-corrected chi connectivity index (χ4v) is 3.72. The predicted molar refractivity (Wildman–Crippen MR) is 124 cm³/mol. The van der Waals surface area contributed by atoms with Gasteiger partial charge in [0.25, 0.3) is 5.91 Å². The van der Waals surface area contributed by atoms with Gasteiger partial charge in [0, 0.05) is 10.0 Å². The molecule has 0 heterocycles. The number of nitrogens with zero attached hydrogens (tertiary/aromatic N) is 1. The predicted octanol–water partition coefficient (Wildman–Crippen LogP) is 3.86. The van der Waals surface area contributed by atoms with Crippen LogP contribution in [0.1, 0.15) is 28.2 Å². The zero-order valence-corrected chi connectivity index (χ0v) is 18.5. The lowest BCUT2D eigenvalue weighted by Crippen LogP contribution is -2.37. The van der Waals surface area contributed by atoms with E-state index in [-0.39, 0.29) is 18.2 Å². The van der Waals surface area contributed by atoms with Crippen LogP contribution in [0.25, 0.3) is 0 Å². The molecule has 158 valence electrons. The number of halogens is 1. The fraction of sp³-hybridized carbons (Fsp3) is 0.125. The summed E-state index contributed by atoms with van der Waals surface area (Å²) in [5, 5.41) is 16.6. The molecule has 0 aliphatic rings. The first-order chi connectivity index (χ1) is 15.0. The molecular formula is C24H22BrN3O3. The Kier molecular flexibility index (Phi) is 7.56. The van der Waals surface area contributed by atoms with Crippen molar-refractivity contribution in [3.8, 4) is 5.75 Å². The van der Waals surface area contributed by atoms with Gasteiger partial charge < -0.3 is 10.4 Å². The molecule has 0 radical (unpaired) electrons. The Balaban J connectivity index is 1.63. The molecular weight excluding hydrogens is 458 g/mol. The van der Waals surface area contributed by atoms with E-state index in [0.717, 1.165) is 15.6 Å². The summed E-state index contributed by atoms with van der Waals surface area (Å²) in [6, 6.07) is 22.3. The van der Waals surface area contributed by atoms with E-state index in [2.05, 4.69) is 31.8 Å². The second-order valence-electron chi connectivity index (χ2n) is 6.93. The van der Waals surface area contributed by atoms with E-state index in [1.165, 1.54) is 6.21 Å². The van der Waals surface area contributed by atoms with Crippen LogP contribution in [-0.2, 0) is 9.59 Å². The number of hydrazone groups is 1. The lowest BCUT2D eigenvalue weighted by atomic mass is 9.90. The third kappa shape index (κ3) is 6.02. The number of benzene rings is 3. The average molecular weight is 480 g/mol. The van der Waals surface area contributed by atoms with E-state index in [9.17, 15) is 14.7 Å². The Morgan fingerprint density at radius 1 is 1.03 bits per heavy atom. The molecule has 0 saturated heterocycles. The van der Waals surface area contributed by atoms with Crippen LogP contribution in [0.5, 0.6) is 5.75 Å². The number of aryl methyl sites for hydroxylation is 1. The number of phenols is 1. The largest absolute Gasteiger partial charge is 0.507 e. The number of rotatable bonds is 7. The van der Waals surface area contributed by atoms with E-state index >= 15 is 0 Å². The van der Waals surface area contributed by atoms with Gasteiger partial charge in [0.1, 0.15) is 5.75 Å². The Morgan fingerprint density at radius 2 is 1.61 bits per heavy atom. The number of nitrogens with one attached hydrogen (secondary N) is 2. The molecule has 0 atom stereocenters. The number of carbonyl (C=O) groups is 2. The molecule has 31 heavy (non-hydrogen) atoms. The van der Waals surface area contributed by atoms with Gasteiger partial charge in [-0.05, 0) is 35.7 Å². The number of aromatic hydroxyl groups is 1. The van der Waals surface area contributed by atoms with Gasteiger partial charge >= 0.3 is 0 Å². The molecule has 0 bridgehead atoms. The second-order valence-corrected chi connectivity index (χ2v) is 7.84. The molecule has 0 aliphatic heterocycles. The zero-order valence-electron chi connectivity index (χ0n) is 16.9. The third-order valence-electron chi connectivity index (χ3n) is 4.64. The van der Waals surface area contributed by atoms with Crippen LogP contribution in [-0.4, -0.2) is 29.7 Å². The molecule has 3 aromatic rings. The van der Waals surface area contributed by atoms with E-state index in [1.54, 1.807) is 19.1 Å². The van der Waals surface area contributed by atoms with Gasteiger partial charge in [0.05, 0.1) is 18.7 Å². The summed E-state index contributed by atoms with van der Waals surface area (Å²) >= 11 is 3.35. The standard InChI is InChI=1S/C24H22BrN3O3/c1-16-12-20(25)13-19(23(16)30)14-27-28-21(29)15-26-24(31)22(17-8-4-2-5-9-17)18-10-6-3-7-11-18/h2-14,22,30H,15H2,1H3,(H,26,31)(H,28,29). The second kappa shape index (κ2) is 10.5. The smallest absolute Gasteiger partial charge is 0.259 e. The van der Waals surface area contributed by atoms with Crippen molar-refractivity contribution in [2.24, 2.45) is 5.10 Å². The van der Waals surface area contributed by atoms with Crippen LogP contribution in [0.15, 0.2) is 82.4 Å². The highest BCUT2D eigenvalue weighted by molar-refractivity contribution is 9.10. The molecule has 3 aromatic carbocycles. The Bertz CT molecular complexity index is 1050. The maximum atomic E-state index is 12.9. The third-order valence-corrected chi connectivity index (χ3v) is 5.10. The maximum absolute atomic E-state index is 12.9. The van der Waals surface area contributed by atoms with E-state index in [4.69, 9.17) is 0 Å². The van der Waals surface area contributed by atoms with E-state index in [0.29, 0.717) is 11.1 Å². The topological polar surface area (TPSA) is 90.8 Å². The van der Waals surface area contributed by atoms with Crippen molar-refractivity contribution in [3.63, 3.8) is 0 Å². The first-order valence-electron chi connectivity index (χ1n) is 9.64. The van der Waals surface area contributed by atoms with Crippen molar-refractivity contribution in [2.45, 2.75) is 12.8 Å². The average Bonchev–Trinajstić information content (AvgIpc) is 2.77. The van der Waals surface area contributed by atoms with Crippen molar-refractivity contribution in [1.82, 2.24) is 10.7 Å². The highest BCUT2D eigenvalue weighted by Crippen LogP contribution is 2.26. The Morgan fingerprint density at radius 3 is 2.19 bits per heavy atom. The molecule has 0 fully saturated rings. The summed E-state index contributed by atoms with van der Waals surface area (Å²) in [5.41, 5.74) is 5.18. The molecule has 0 spiro atoms.